The van der Waals surface area contributed by atoms with E-state index in [1.54, 1.807) is 16.2 Å². The Balaban J connectivity index is 2.03. The van der Waals surface area contributed by atoms with Crippen LogP contribution in [0, 0.1) is 17.0 Å². The maximum Gasteiger partial charge on any atom is 0.342 e. The van der Waals surface area contributed by atoms with Crippen LogP contribution in [0.5, 0.6) is 0 Å². The first-order chi connectivity index (χ1) is 9.47. The van der Waals surface area contributed by atoms with Gasteiger partial charge < -0.3 is 15.0 Å². The van der Waals surface area contributed by atoms with Crippen LogP contribution in [0.1, 0.15) is 11.5 Å². The Morgan fingerprint density at radius 2 is 2.15 bits per heavy atom. The summed E-state index contributed by atoms with van der Waals surface area (Å²) >= 11 is 0. The molecule has 2 aromatic heterocycles. The molecule has 108 valence electrons. The summed E-state index contributed by atoms with van der Waals surface area (Å²) in [5, 5.41) is 18.9. The van der Waals surface area contributed by atoms with Crippen LogP contribution in [0.3, 0.4) is 0 Å². The molecule has 0 spiro atoms. The average molecular weight is 279 g/mol. The lowest BCUT2D eigenvalue weighted by Crippen LogP contribution is -2.12. The predicted octanol–water partition coefficient (Wildman–Crippen LogP) is 0.453. The Morgan fingerprint density at radius 1 is 1.40 bits per heavy atom. The van der Waals surface area contributed by atoms with Crippen LogP contribution in [-0.4, -0.2) is 48.5 Å². The fourth-order valence-corrected chi connectivity index (χ4v) is 1.93. The van der Waals surface area contributed by atoms with E-state index in [0.29, 0.717) is 25.5 Å². The summed E-state index contributed by atoms with van der Waals surface area (Å²) in [6.45, 7) is 3.40. The van der Waals surface area contributed by atoms with Gasteiger partial charge in [0.2, 0.25) is 0 Å². The molecule has 0 unspecified atom stereocenters. The third kappa shape index (κ3) is 3.18. The van der Waals surface area contributed by atoms with Crippen molar-refractivity contribution in [2.75, 3.05) is 14.1 Å². The Labute approximate surface area is 116 Å². The average Bonchev–Trinajstić information content (AvgIpc) is 2.93. The van der Waals surface area contributed by atoms with Crippen molar-refractivity contribution in [3.63, 3.8) is 0 Å². The van der Waals surface area contributed by atoms with Crippen LogP contribution in [-0.2, 0) is 19.6 Å². The fourth-order valence-electron chi connectivity index (χ4n) is 1.93. The van der Waals surface area contributed by atoms with E-state index in [0.717, 1.165) is 5.69 Å². The van der Waals surface area contributed by atoms with Crippen molar-refractivity contribution in [2.24, 2.45) is 0 Å². The minimum absolute atomic E-state index is 0.00358. The molecule has 0 radical (unpaired) electrons. The Bertz CT molecular complexity index is 602. The molecule has 0 amide bonds. The number of hydrogen-bond donors (Lipinski definition) is 0. The summed E-state index contributed by atoms with van der Waals surface area (Å²) in [7, 11) is 3.91. The van der Waals surface area contributed by atoms with Gasteiger partial charge in [-0.3, -0.25) is 0 Å². The highest BCUT2D eigenvalue weighted by atomic mass is 16.6. The second kappa shape index (κ2) is 5.78. The van der Waals surface area contributed by atoms with Crippen molar-refractivity contribution in [1.29, 1.82) is 0 Å². The lowest BCUT2D eigenvalue weighted by atomic mass is 10.4. The van der Waals surface area contributed by atoms with Gasteiger partial charge >= 0.3 is 5.82 Å². The quantitative estimate of drug-likeness (QED) is 0.563. The number of aryl methyl sites for hydroxylation is 2. The zero-order valence-electron chi connectivity index (χ0n) is 11.7. The van der Waals surface area contributed by atoms with Crippen LogP contribution in [0.15, 0.2) is 12.4 Å². The predicted molar refractivity (Wildman–Crippen MR) is 71.0 cm³/mol. The normalized spacial score (nSPS) is 11.2. The van der Waals surface area contributed by atoms with E-state index < -0.39 is 4.92 Å². The van der Waals surface area contributed by atoms with Gasteiger partial charge in [0.25, 0.3) is 0 Å². The molecule has 20 heavy (non-hydrogen) atoms. The van der Waals surface area contributed by atoms with Crippen molar-refractivity contribution in [1.82, 2.24) is 29.4 Å². The standard InChI is InChI=1S/C11H17N7O2/c1-9-12-6-11(18(19)20)17(9)5-4-16-8-10(13-14-16)7-15(2)3/h6,8H,4-5,7H2,1-3H3. The lowest BCUT2D eigenvalue weighted by Gasteiger charge is -2.04. The molecule has 0 saturated carbocycles. The molecule has 9 nitrogen and oxygen atoms in total. The summed E-state index contributed by atoms with van der Waals surface area (Å²) in [5.41, 5.74) is 0.867. The van der Waals surface area contributed by atoms with Crippen molar-refractivity contribution in [3.05, 3.63) is 34.0 Å². The van der Waals surface area contributed by atoms with Gasteiger partial charge in [0.1, 0.15) is 12.7 Å². The molecule has 2 heterocycles. The van der Waals surface area contributed by atoms with Crippen LogP contribution in [0.2, 0.25) is 0 Å². The third-order valence-electron chi connectivity index (χ3n) is 2.84. The summed E-state index contributed by atoms with van der Waals surface area (Å²) in [6, 6.07) is 0. The first kappa shape index (κ1) is 14.1. The van der Waals surface area contributed by atoms with E-state index in [2.05, 4.69) is 15.3 Å². The van der Waals surface area contributed by atoms with Gasteiger partial charge in [-0.1, -0.05) is 5.21 Å². The van der Waals surface area contributed by atoms with Gasteiger partial charge in [-0.05, 0) is 19.0 Å². The summed E-state index contributed by atoms with van der Waals surface area (Å²) < 4.78 is 3.25. The maximum atomic E-state index is 10.9. The Morgan fingerprint density at radius 3 is 2.80 bits per heavy atom. The van der Waals surface area contributed by atoms with Crippen molar-refractivity contribution < 1.29 is 4.92 Å². The van der Waals surface area contributed by atoms with E-state index in [4.69, 9.17) is 0 Å². The highest BCUT2D eigenvalue weighted by molar-refractivity contribution is 5.18. The van der Waals surface area contributed by atoms with E-state index in [-0.39, 0.29) is 5.82 Å². The number of rotatable bonds is 6. The van der Waals surface area contributed by atoms with Gasteiger partial charge in [-0.25, -0.2) is 14.2 Å². The van der Waals surface area contributed by atoms with E-state index >= 15 is 0 Å². The summed E-state index contributed by atoms with van der Waals surface area (Å²) in [5.74, 6) is 0.612. The number of imidazole rings is 1. The monoisotopic (exact) mass is 279 g/mol. The van der Waals surface area contributed by atoms with Crippen LogP contribution >= 0.6 is 0 Å². The van der Waals surface area contributed by atoms with Crippen LogP contribution in [0.25, 0.3) is 0 Å². The molecule has 0 bridgehead atoms. The van der Waals surface area contributed by atoms with Gasteiger partial charge in [-0.2, -0.15) is 0 Å². The van der Waals surface area contributed by atoms with Gasteiger partial charge in [0.05, 0.1) is 12.2 Å². The molecule has 0 aliphatic rings. The van der Waals surface area contributed by atoms with E-state index in [9.17, 15) is 10.1 Å². The molecule has 2 rings (SSSR count). The Kier molecular flexibility index (Phi) is 4.08. The molecule has 0 saturated heterocycles. The van der Waals surface area contributed by atoms with E-state index in [1.165, 1.54) is 6.20 Å². The molecule has 0 aliphatic heterocycles. The number of nitro groups is 1. The zero-order valence-corrected chi connectivity index (χ0v) is 11.7. The number of aromatic nitrogens is 5. The second-order valence-corrected chi connectivity index (χ2v) is 4.78. The topological polar surface area (TPSA) is 94.9 Å². The van der Waals surface area contributed by atoms with E-state index in [1.807, 2.05) is 25.2 Å². The Hall–Kier alpha value is -2.29. The number of hydrogen-bond acceptors (Lipinski definition) is 6. The van der Waals surface area contributed by atoms with Crippen LogP contribution in [0.4, 0.5) is 5.82 Å². The second-order valence-electron chi connectivity index (χ2n) is 4.78. The zero-order chi connectivity index (χ0) is 14.7. The molecule has 2 aromatic rings. The number of nitrogens with zero attached hydrogens (tertiary/aromatic N) is 7. The molecule has 0 N–H and O–H groups in total. The van der Waals surface area contributed by atoms with Crippen LogP contribution < -0.4 is 0 Å². The minimum atomic E-state index is -0.432. The summed E-state index contributed by atoms with van der Waals surface area (Å²) in [4.78, 5) is 16.4. The fraction of sp³-hybridized carbons (Fsp3) is 0.545. The molecule has 0 aliphatic carbocycles. The van der Waals surface area contributed by atoms with Gasteiger partial charge in [0.15, 0.2) is 5.82 Å². The van der Waals surface area contributed by atoms with Gasteiger partial charge in [-0.15, -0.1) is 5.10 Å². The summed E-state index contributed by atoms with van der Waals surface area (Å²) in [6.07, 6.45) is 3.12. The smallest absolute Gasteiger partial charge is 0.342 e. The molecular weight excluding hydrogens is 262 g/mol. The molecular formula is C11H17N7O2. The SMILES string of the molecule is Cc1ncc([N+](=O)[O-])n1CCn1cc(CN(C)C)nn1. The molecule has 0 atom stereocenters. The van der Waals surface area contributed by atoms with Crippen molar-refractivity contribution in [2.45, 2.75) is 26.6 Å². The van der Waals surface area contributed by atoms with Crippen molar-refractivity contribution in [3.8, 4) is 0 Å². The van der Waals surface area contributed by atoms with Crippen molar-refractivity contribution >= 4 is 5.82 Å². The third-order valence-corrected chi connectivity index (χ3v) is 2.84. The first-order valence-electron chi connectivity index (χ1n) is 6.17. The van der Waals surface area contributed by atoms with Gasteiger partial charge in [0, 0.05) is 19.7 Å². The highest BCUT2D eigenvalue weighted by Crippen LogP contribution is 2.13. The molecule has 0 fully saturated rings. The lowest BCUT2D eigenvalue weighted by molar-refractivity contribution is -0.392. The first-order valence-corrected chi connectivity index (χ1v) is 6.17. The maximum absolute atomic E-state index is 10.9. The largest absolute Gasteiger partial charge is 0.358 e. The highest BCUT2D eigenvalue weighted by Gasteiger charge is 2.17. The molecule has 9 heteroatoms. The molecule has 0 aromatic carbocycles. The minimum Gasteiger partial charge on any atom is -0.358 e.